The first-order valence-electron chi connectivity index (χ1n) is 7.13. The van der Waals surface area contributed by atoms with E-state index in [0.29, 0.717) is 22.6 Å². The normalized spacial score (nSPS) is 20.6. The molecule has 1 heterocycles. The lowest BCUT2D eigenvalue weighted by Crippen LogP contribution is -2.35. The highest BCUT2D eigenvalue weighted by Crippen LogP contribution is 2.24. The summed E-state index contributed by atoms with van der Waals surface area (Å²) in [4.78, 5) is 0. The molecule has 3 nitrogen and oxygen atoms in total. The Labute approximate surface area is 130 Å². The van der Waals surface area contributed by atoms with Gasteiger partial charge in [-0.25, -0.2) is 0 Å². The molecule has 20 heavy (non-hydrogen) atoms. The van der Waals surface area contributed by atoms with Crippen molar-refractivity contribution in [3.8, 4) is 5.75 Å². The molecule has 0 amide bonds. The van der Waals surface area contributed by atoms with E-state index >= 15 is 0 Å². The third kappa shape index (κ3) is 5.92. The molecule has 0 aromatic heterocycles. The first-order chi connectivity index (χ1) is 9.74. The number of nitrogens with one attached hydrogen (secondary N) is 1. The van der Waals surface area contributed by atoms with Crippen LogP contribution in [0.3, 0.4) is 0 Å². The summed E-state index contributed by atoms with van der Waals surface area (Å²) in [5.74, 6) is 1.96. The van der Waals surface area contributed by atoms with Crippen molar-refractivity contribution in [3.63, 3.8) is 0 Å². The smallest absolute Gasteiger partial charge is 0.120 e. The van der Waals surface area contributed by atoms with Crippen molar-refractivity contribution >= 4 is 23.4 Å². The van der Waals surface area contributed by atoms with Crippen LogP contribution < -0.4 is 10.1 Å². The highest BCUT2D eigenvalue weighted by molar-refractivity contribution is 7.99. The summed E-state index contributed by atoms with van der Waals surface area (Å²) < 4.78 is 5.51. The predicted octanol–water partition coefficient (Wildman–Crippen LogP) is 2.96. The lowest BCUT2D eigenvalue weighted by molar-refractivity contribution is 0.106. The van der Waals surface area contributed by atoms with Gasteiger partial charge in [0.2, 0.25) is 0 Å². The van der Waals surface area contributed by atoms with Crippen LogP contribution in [0.2, 0.25) is 5.02 Å². The van der Waals surface area contributed by atoms with Crippen molar-refractivity contribution in [2.24, 2.45) is 0 Å². The largest absolute Gasteiger partial charge is 0.491 e. The van der Waals surface area contributed by atoms with E-state index in [2.05, 4.69) is 5.32 Å². The fraction of sp³-hybridized carbons (Fsp3) is 0.600. The Morgan fingerprint density at radius 3 is 3.10 bits per heavy atom. The summed E-state index contributed by atoms with van der Waals surface area (Å²) in [7, 11) is 0. The van der Waals surface area contributed by atoms with Crippen LogP contribution >= 0.6 is 23.4 Å². The lowest BCUT2D eigenvalue weighted by Gasteiger charge is -2.22. The zero-order valence-corrected chi connectivity index (χ0v) is 13.1. The summed E-state index contributed by atoms with van der Waals surface area (Å²) in [5, 5.41) is 14.5. The zero-order valence-electron chi connectivity index (χ0n) is 11.6. The highest BCUT2D eigenvalue weighted by atomic mass is 35.5. The lowest BCUT2D eigenvalue weighted by atomic mass is 10.2. The average molecular weight is 316 g/mol. The molecule has 0 aliphatic carbocycles. The molecule has 0 bridgehead atoms. The minimum absolute atomic E-state index is 0.283. The van der Waals surface area contributed by atoms with Crippen LogP contribution in [-0.2, 0) is 0 Å². The Kier molecular flexibility index (Phi) is 7.00. The quantitative estimate of drug-likeness (QED) is 0.812. The van der Waals surface area contributed by atoms with E-state index in [0.717, 1.165) is 6.54 Å². The first-order valence-corrected chi connectivity index (χ1v) is 8.55. The molecular formula is C15H22ClNO2S. The second kappa shape index (κ2) is 8.78. The fourth-order valence-electron chi connectivity index (χ4n) is 2.19. The summed E-state index contributed by atoms with van der Waals surface area (Å²) in [6, 6.07) is 7.22. The van der Waals surface area contributed by atoms with E-state index in [9.17, 15) is 5.11 Å². The zero-order chi connectivity index (χ0) is 14.2. The van der Waals surface area contributed by atoms with Gasteiger partial charge in [-0.3, -0.25) is 0 Å². The van der Waals surface area contributed by atoms with Gasteiger partial charge in [0, 0.05) is 23.4 Å². The van der Waals surface area contributed by atoms with E-state index in [4.69, 9.17) is 16.3 Å². The molecule has 1 aromatic carbocycles. The van der Waals surface area contributed by atoms with E-state index in [-0.39, 0.29) is 6.61 Å². The molecule has 2 unspecified atom stereocenters. The molecule has 1 saturated heterocycles. The van der Waals surface area contributed by atoms with Gasteiger partial charge in [0.15, 0.2) is 0 Å². The van der Waals surface area contributed by atoms with Crippen LogP contribution in [0.5, 0.6) is 5.75 Å². The van der Waals surface area contributed by atoms with Gasteiger partial charge >= 0.3 is 0 Å². The second-order valence-corrected chi connectivity index (χ2v) is 6.91. The van der Waals surface area contributed by atoms with Gasteiger partial charge in [-0.15, -0.1) is 0 Å². The van der Waals surface area contributed by atoms with Crippen molar-refractivity contribution < 1.29 is 9.84 Å². The predicted molar refractivity (Wildman–Crippen MR) is 85.9 cm³/mol. The minimum atomic E-state index is -0.498. The molecule has 0 saturated carbocycles. The number of aliphatic hydroxyl groups excluding tert-OH is 1. The Morgan fingerprint density at radius 1 is 1.45 bits per heavy atom. The molecule has 2 rings (SSSR count). The third-order valence-electron chi connectivity index (χ3n) is 3.26. The number of rotatable bonds is 7. The average Bonchev–Trinajstić information content (AvgIpc) is 2.46. The van der Waals surface area contributed by atoms with Crippen molar-refractivity contribution in [1.82, 2.24) is 5.32 Å². The van der Waals surface area contributed by atoms with Gasteiger partial charge in [-0.1, -0.05) is 24.1 Å². The molecular weight excluding hydrogens is 294 g/mol. The highest BCUT2D eigenvalue weighted by Gasteiger charge is 2.14. The van der Waals surface area contributed by atoms with Crippen LogP contribution in [0.25, 0.3) is 0 Å². The Bertz CT molecular complexity index is 399. The van der Waals surface area contributed by atoms with Crippen molar-refractivity contribution in [2.75, 3.05) is 25.4 Å². The van der Waals surface area contributed by atoms with Gasteiger partial charge in [-0.05, 0) is 36.8 Å². The minimum Gasteiger partial charge on any atom is -0.491 e. The summed E-state index contributed by atoms with van der Waals surface area (Å²) in [6.45, 7) is 1.82. The molecule has 1 aliphatic rings. The standard InChI is InChI=1S/C15H22ClNO2S/c16-12-4-3-5-14(8-12)19-11-13(18)9-17-10-15-6-1-2-7-20-15/h3-5,8,13,15,17-18H,1-2,6-7,9-11H2. The summed E-state index contributed by atoms with van der Waals surface area (Å²) >= 11 is 7.91. The van der Waals surface area contributed by atoms with Crippen LogP contribution in [0.4, 0.5) is 0 Å². The van der Waals surface area contributed by atoms with Gasteiger partial charge < -0.3 is 15.2 Å². The molecule has 2 atom stereocenters. The molecule has 0 spiro atoms. The topological polar surface area (TPSA) is 41.5 Å². The van der Waals surface area contributed by atoms with Crippen LogP contribution in [0.15, 0.2) is 24.3 Å². The molecule has 1 fully saturated rings. The molecule has 2 N–H and O–H groups in total. The Morgan fingerprint density at radius 2 is 2.35 bits per heavy atom. The molecule has 112 valence electrons. The molecule has 1 aromatic rings. The number of benzene rings is 1. The van der Waals surface area contributed by atoms with Crippen LogP contribution in [0, 0.1) is 0 Å². The number of hydrogen-bond donors (Lipinski definition) is 2. The maximum absolute atomic E-state index is 9.88. The molecule has 1 aliphatic heterocycles. The summed E-state index contributed by atoms with van der Waals surface area (Å²) in [5.41, 5.74) is 0. The van der Waals surface area contributed by atoms with E-state index in [1.54, 1.807) is 12.1 Å². The first kappa shape index (κ1) is 16.0. The van der Waals surface area contributed by atoms with Crippen LogP contribution in [-0.4, -0.2) is 41.9 Å². The van der Waals surface area contributed by atoms with Crippen molar-refractivity contribution in [3.05, 3.63) is 29.3 Å². The van der Waals surface area contributed by atoms with Crippen molar-refractivity contribution in [2.45, 2.75) is 30.6 Å². The number of thioether (sulfide) groups is 1. The second-order valence-electron chi connectivity index (χ2n) is 5.07. The Hall–Kier alpha value is -0.420. The summed E-state index contributed by atoms with van der Waals surface area (Å²) in [6.07, 6.45) is 3.46. The number of ether oxygens (including phenoxy) is 1. The van der Waals surface area contributed by atoms with E-state index < -0.39 is 6.10 Å². The molecule has 0 radical (unpaired) electrons. The van der Waals surface area contributed by atoms with Gasteiger partial charge in [0.1, 0.15) is 18.5 Å². The molecule has 5 heteroatoms. The van der Waals surface area contributed by atoms with Gasteiger partial charge in [0.25, 0.3) is 0 Å². The van der Waals surface area contributed by atoms with Gasteiger partial charge in [-0.2, -0.15) is 11.8 Å². The van der Waals surface area contributed by atoms with Gasteiger partial charge in [0.05, 0.1) is 0 Å². The monoisotopic (exact) mass is 315 g/mol. The van der Waals surface area contributed by atoms with Crippen LogP contribution in [0.1, 0.15) is 19.3 Å². The third-order valence-corrected chi connectivity index (χ3v) is 4.90. The Balaban J connectivity index is 1.59. The maximum atomic E-state index is 9.88. The van der Waals surface area contributed by atoms with Crippen molar-refractivity contribution in [1.29, 1.82) is 0 Å². The number of hydrogen-bond acceptors (Lipinski definition) is 4. The van der Waals surface area contributed by atoms with E-state index in [1.807, 2.05) is 23.9 Å². The number of aliphatic hydroxyl groups is 1. The fourth-order valence-corrected chi connectivity index (χ4v) is 3.64. The maximum Gasteiger partial charge on any atom is 0.120 e. The number of halogens is 1. The van der Waals surface area contributed by atoms with E-state index in [1.165, 1.54) is 25.0 Å². The SMILES string of the molecule is OC(CNCC1CCCCS1)COc1cccc(Cl)c1.